The van der Waals surface area contributed by atoms with Gasteiger partial charge in [0.05, 0.1) is 10.1 Å². The maximum absolute atomic E-state index is 6.37. The molecule has 16 heavy (non-hydrogen) atoms. The minimum absolute atomic E-state index is 0.330. The van der Waals surface area contributed by atoms with E-state index in [0.717, 1.165) is 10.1 Å². The van der Waals surface area contributed by atoms with Crippen LogP contribution in [-0.4, -0.2) is 0 Å². The summed E-state index contributed by atoms with van der Waals surface area (Å²) in [7, 11) is 0. The van der Waals surface area contributed by atoms with Crippen LogP contribution in [0.5, 0.6) is 0 Å². The predicted molar refractivity (Wildman–Crippen MR) is 69.9 cm³/mol. The van der Waals surface area contributed by atoms with Crippen molar-refractivity contribution < 1.29 is 0 Å². The van der Waals surface area contributed by atoms with E-state index in [9.17, 15) is 0 Å². The van der Waals surface area contributed by atoms with Crippen molar-refractivity contribution >= 4 is 46.4 Å². The van der Waals surface area contributed by atoms with Crippen LogP contribution in [0.25, 0.3) is 0 Å². The van der Waals surface area contributed by atoms with Gasteiger partial charge in [-0.2, -0.15) is 0 Å². The van der Waals surface area contributed by atoms with Crippen LogP contribution in [0.2, 0.25) is 0 Å². The third-order valence-electron chi connectivity index (χ3n) is 4.42. The van der Waals surface area contributed by atoms with Gasteiger partial charge in [0.25, 0.3) is 0 Å². The molecule has 0 aromatic heterocycles. The lowest BCUT2D eigenvalue weighted by molar-refractivity contribution is 0.0718. The SMILES string of the molecule is ClC1=C(Cl)[C@@H]2C3CCC(CC3)[C@@H]2C(Cl)=C1Cl. The van der Waals surface area contributed by atoms with E-state index >= 15 is 0 Å². The molecule has 4 rings (SSSR count). The van der Waals surface area contributed by atoms with Gasteiger partial charge in [0, 0.05) is 21.9 Å². The molecule has 4 aliphatic carbocycles. The van der Waals surface area contributed by atoms with Gasteiger partial charge in [0.2, 0.25) is 0 Å². The highest BCUT2D eigenvalue weighted by atomic mass is 35.5. The predicted octanol–water partition coefficient (Wildman–Crippen LogP) is 5.43. The van der Waals surface area contributed by atoms with Gasteiger partial charge >= 0.3 is 0 Å². The Bertz CT molecular complexity index is 350. The molecule has 0 spiro atoms. The van der Waals surface area contributed by atoms with Crippen molar-refractivity contribution in [2.75, 3.05) is 0 Å². The molecule has 0 saturated heterocycles. The lowest BCUT2D eigenvalue weighted by atomic mass is 9.57. The molecule has 2 atom stereocenters. The van der Waals surface area contributed by atoms with Crippen LogP contribution >= 0.6 is 46.4 Å². The molecule has 3 fully saturated rings. The van der Waals surface area contributed by atoms with E-state index in [-0.39, 0.29) is 0 Å². The molecule has 0 amide bonds. The summed E-state index contributed by atoms with van der Waals surface area (Å²) < 4.78 is 0. The Hall–Kier alpha value is 0.640. The molecule has 0 unspecified atom stereocenters. The van der Waals surface area contributed by atoms with Crippen LogP contribution in [0.3, 0.4) is 0 Å². The van der Waals surface area contributed by atoms with Gasteiger partial charge in [-0.15, -0.1) is 0 Å². The molecule has 0 aliphatic heterocycles. The zero-order valence-electron chi connectivity index (χ0n) is 8.65. The van der Waals surface area contributed by atoms with Crippen molar-refractivity contribution in [3.8, 4) is 0 Å². The molecule has 0 heterocycles. The Morgan fingerprint density at radius 2 is 0.938 bits per heavy atom. The van der Waals surface area contributed by atoms with E-state index in [1.165, 1.54) is 25.7 Å². The fraction of sp³-hybridized carbons (Fsp3) is 0.667. The van der Waals surface area contributed by atoms with Crippen molar-refractivity contribution in [3.05, 3.63) is 20.1 Å². The molecule has 88 valence electrons. The molecular formula is C12H12Cl4. The molecule has 4 heteroatoms. The quantitative estimate of drug-likeness (QED) is 0.559. The first kappa shape index (κ1) is 11.7. The zero-order chi connectivity index (χ0) is 11.4. The van der Waals surface area contributed by atoms with E-state index in [2.05, 4.69) is 0 Å². The number of hydrogen-bond acceptors (Lipinski definition) is 0. The molecule has 0 radical (unpaired) electrons. The van der Waals surface area contributed by atoms with Gasteiger partial charge in [-0.05, 0) is 37.5 Å². The van der Waals surface area contributed by atoms with Crippen molar-refractivity contribution in [1.82, 2.24) is 0 Å². The Labute approximate surface area is 116 Å². The Kier molecular flexibility index (Phi) is 2.99. The normalized spacial score (nSPS) is 42.8. The van der Waals surface area contributed by atoms with E-state index in [4.69, 9.17) is 46.4 Å². The van der Waals surface area contributed by atoms with Crippen LogP contribution in [0.1, 0.15) is 25.7 Å². The van der Waals surface area contributed by atoms with Gasteiger partial charge in [0.1, 0.15) is 0 Å². The third kappa shape index (κ3) is 1.50. The average molecular weight is 298 g/mol. The van der Waals surface area contributed by atoms with Crippen LogP contribution in [0.15, 0.2) is 20.1 Å². The highest BCUT2D eigenvalue weighted by molar-refractivity contribution is 6.51. The van der Waals surface area contributed by atoms with Crippen LogP contribution in [0, 0.1) is 23.7 Å². The lowest BCUT2D eigenvalue weighted by Gasteiger charge is -2.50. The third-order valence-corrected chi connectivity index (χ3v) is 6.37. The average Bonchev–Trinajstić information content (AvgIpc) is 2.34. The molecule has 0 aromatic carbocycles. The fourth-order valence-corrected chi connectivity index (χ4v) is 5.05. The zero-order valence-corrected chi connectivity index (χ0v) is 11.7. The number of hydrogen-bond donors (Lipinski definition) is 0. The highest BCUT2D eigenvalue weighted by Crippen LogP contribution is 2.59. The first-order valence-corrected chi connectivity index (χ1v) is 7.23. The highest BCUT2D eigenvalue weighted by Gasteiger charge is 2.49. The smallest absolute Gasteiger partial charge is 0.0752 e. The summed E-state index contributed by atoms with van der Waals surface area (Å²) in [5.41, 5.74) is 0. The van der Waals surface area contributed by atoms with Crippen molar-refractivity contribution in [2.45, 2.75) is 25.7 Å². The Morgan fingerprint density at radius 3 is 1.25 bits per heavy atom. The van der Waals surface area contributed by atoms with Crippen LogP contribution in [0.4, 0.5) is 0 Å². The molecule has 4 aliphatic rings. The van der Waals surface area contributed by atoms with Crippen molar-refractivity contribution in [2.24, 2.45) is 23.7 Å². The van der Waals surface area contributed by atoms with Gasteiger partial charge < -0.3 is 0 Å². The monoisotopic (exact) mass is 296 g/mol. The lowest BCUT2D eigenvalue weighted by Crippen LogP contribution is -2.42. The second-order valence-electron chi connectivity index (χ2n) is 5.05. The Morgan fingerprint density at radius 1 is 0.625 bits per heavy atom. The van der Waals surface area contributed by atoms with Crippen LogP contribution < -0.4 is 0 Å². The summed E-state index contributed by atoms with van der Waals surface area (Å²) in [6, 6.07) is 0. The molecule has 2 bridgehead atoms. The minimum atomic E-state index is 0.330. The summed E-state index contributed by atoms with van der Waals surface area (Å²) in [5.74, 6) is 1.96. The second kappa shape index (κ2) is 4.09. The summed E-state index contributed by atoms with van der Waals surface area (Å²) in [6.07, 6.45) is 5.03. The van der Waals surface area contributed by atoms with E-state index in [0.29, 0.717) is 33.7 Å². The standard InChI is InChI=1S/C12H12Cl4/c13-9-7-5-1-2-6(4-3-5)8(7)10(14)12(16)11(9)15/h5-8H,1-4H2/t5?,6?,7-,8+. The topological polar surface area (TPSA) is 0 Å². The van der Waals surface area contributed by atoms with Crippen LogP contribution in [-0.2, 0) is 0 Å². The molecular weight excluding hydrogens is 286 g/mol. The molecule has 0 nitrogen and oxygen atoms in total. The number of fused-ring (bicyclic) bond motifs is 2. The van der Waals surface area contributed by atoms with Gasteiger partial charge in [0.15, 0.2) is 0 Å². The number of allylic oxidation sites excluding steroid dienone is 4. The first-order valence-electron chi connectivity index (χ1n) is 5.72. The fourth-order valence-electron chi connectivity index (χ4n) is 3.68. The second-order valence-corrected chi connectivity index (χ2v) is 6.62. The number of halogens is 4. The van der Waals surface area contributed by atoms with E-state index < -0.39 is 0 Å². The van der Waals surface area contributed by atoms with E-state index in [1.807, 2.05) is 0 Å². The Balaban J connectivity index is 2.10. The maximum atomic E-state index is 6.37. The summed E-state index contributed by atoms with van der Waals surface area (Å²) in [6.45, 7) is 0. The summed E-state index contributed by atoms with van der Waals surface area (Å²) in [4.78, 5) is 0. The minimum Gasteiger partial charge on any atom is -0.0871 e. The molecule has 3 saturated carbocycles. The summed E-state index contributed by atoms with van der Waals surface area (Å²) in [5, 5.41) is 2.44. The largest absolute Gasteiger partial charge is 0.0871 e. The molecule has 0 aromatic rings. The van der Waals surface area contributed by atoms with Gasteiger partial charge in [-0.3, -0.25) is 0 Å². The first-order chi connectivity index (χ1) is 7.61. The van der Waals surface area contributed by atoms with E-state index in [1.54, 1.807) is 0 Å². The van der Waals surface area contributed by atoms with Crippen molar-refractivity contribution in [1.29, 1.82) is 0 Å². The van der Waals surface area contributed by atoms with Crippen molar-refractivity contribution in [3.63, 3.8) is 0 Å². The molecule has 0 N–H and O–H groups in total. The van der Waals surface area contributed by atoms with Gasteiger partial charge in [-0.1, -0.05) is 46.4 Å². The van der Waals surface area contributed by atoms with Gasteiger partial charge in [-0.25, -0.2) is 0 Å². The maximum Gasteiger partial charge on any atom is 0.0752 e. The number of rotatable bonds is 0. The summed E-state index contributed by atoms with van der Waals surface area (Å²) >= 11 is 25.0.